The SMILES string of the molecule is CCOC(=O)c1ccc(NC(=O)Cn2cnc3nc(N4CCCC(C(=O)NC)C4)sc3c2=O)cc1. The van der Waals surface area contributed by atoms with E-state index >= 15 is 0 Å². The van der Waals surface area contributed by atoms with Crippen molar-refractivity contribution in [1.82, 2.24) is 19.9 Å². The van der Waals surface area contributed by atoms with Crippen molar-refractivity contribution in [2.75, 3.05) is 37.0 Å². The van der Waals surface area contributed by atoms with Crippen molar-refractivity contribution in [3.63, 3.8) is 0 Å². The summed E-state index contributed by atoms with van der Waals surface area (Å²) >= 11 is 1.22. The summed E-state index contributed by atoms with van der Waals surface area (Å²) < 4.78 is 6.53. The number of anilines is 2. The Balaban J connectivity index is 1.45. The Kier molecular flexibility index (Phi) is 7.39. The Morgan fingerprint density at radius 2 is 2.00 bits per heavy atom. The maximum atomic E-state index is 13.0. The molecule has 1 aliphatic heterocycles. The van der Waals surface area contributed by atoms with E-state index in [9.17, 15) is 19.2 Å². The number of aromatic nitrogens is 3. The molecule has 3 heterocycles. The molecule has 1 unspecified atom stereocenters. The predicted molar refractivity (Wildman–Crippen MR) is 132 cm³/mol. The number of carbonyl (C=O) groups excluding carboxylic acids is 3. The van der Waals surface area contributed by atoms with Crippen molar-refractivity contribution in [2.24, 2.45) is 5.92 Å². The molecule has 1 aromatic carbocycles. The summed E-state index contributed by atoms with van der Waals surface area (Å²) in [7, 11) is 1.63. The number of rotatable bonds is 7. The number of nitrogens with zero attached hydrogens (tertiary/aromatic N) is 4. The van der Waals surface area contributed by atoms with Gasteiger partial charge >= 0.3 is 5.97 Å². The summed E-state index contributed by atoms with van der Waals surface area (Å²) in [4.78, 5) is 60.1. The zero-order valence-electron chi connectivity index (χ0n) is 19.4. The highest BCUT2D eigenvalue weighted by Crippen LogP contribution is 2.29. The van der Waals surface area contributed by atoms with Crippen LogP contribution in [0.5, 0.6) is 0 Å². The molecule has 3 aromatic rings. The molecule has 2 N–H and O–H groups in total. The molecular formula is C23H26N6O5S. The molecule has 12 heteroatoms. The van der Waals surface area contributed by atoms with Crippen molar-refractivity contribution >= 4 is 50.3 Å². The third-order valence-corrected chi connectivity index (χ3v) is 6.77. The van der Waals surface area contributed by atoms with Gasteiger partial charge in [-0.15, -0.1) is 0 Å². The van der Waals surface area contributed by atoms with Crippen LogP contribution < -0.4 is 21.1 Å². The first kappa shape index (κ1) is 24.3. The molecule has 0 bridgehead atoms. The molecule has 4 rings (SSSR count). The number of benzene rings is 1. The van der Waals surface area contributed by atoms with Crippen LogP contribution in [0.25, 0.3) is 10.3 Å². The Labute approximate surface area is 205 Å². The van der Waals surface area contributed by atoms with Gasteiger partial charge in [0.1, 0.15) is 17.6 Å². The Morgan fingerprint density at radius 1 is 1.23 bits per heavy atom. The Hall–Kier alpha value is -3.80. The summed E-state index contributed by atoms with van der Waals surface area (Å²) in [5.41, 5.74) is 0.836. The fourth-order valence-electron chi connectivity index (χ4n) is 3.91. The van der Waals surface area contributed by atoms with Crippen LogP contribution in [-0.4, -0.2) is 59.1 Å². The minimum Gasteiger partial charge on any atom is -0.462 e. The van der Waals surface area contributed by atoms with Gasteiger partial charge in [-0.25, -0.2) is 9.78 Å². The van der Waals surface area contributed by atoms with E-state index in [1.807, 2.05) is 4.90 Å². The first-order valence-electron chi connectivity index (χ1n) is 11.3. The summed E-state index contributed by atoms with van der Waals surface area (Å²) in [5, 5.41) is 6.04. The van der Waals surface area contributed by atoms with E-state index in [-0.39, 0.29) is 30.5 Å². The van der Waals surface area contributed by atoms with Crippen molar-refractivity contribution in [3.05, 3.63) is 46.5 Å². The normalized spacial score (nSPS) is 15.6. The molecule has 0 aliphatic carbocycles. The monoisotopic (exact) mass is 498 g/mol. The van der Waals surface area contributed by atoms with Crippen LogP contribution >= 0.6 is 11.3 Å². The molecule has 184 valence electrons. The van der Waals surface area contributed by atoms with E-state index in [4.69, 9.17) is 4.74 Å². The van der Waals surface area contributed by atoms with E-state index in [1.165, 1.54) is 22.2 Å². The number of amides is 2. The van der Waals surface area contributed by atoms with E-state index in [1.54, 1.807) is 38.2 Å². The smallest absolute Gasteiger partial charge is 0.338 e. The van der Waals surface area contributed by atoms with Crippen LogP contribution in [0, 0.1) is 5.92 Å². The van der Waals surface area contributed by atoms with Crippen LogP contribution in [-0.2, 0) is 20.9 Å². The molecule has 35 heavy (non-hydrogen) atoms. The van der Waals surface area contributed by atoms with Crippen molar-refractivity contribution in [2.45, 2.75) is 26.3 Å². The van der Waals surface area contributed by atoms with Crippen LogP contribution in [0.2, 0.25) is 0 Å². The second-order valence-corrected chi connectivity index (χ2v) is 9.05. The summed E-state index contributed by atoms with van der Waals surface area (Å²) in [6, 6.07) is 6.30. The summed E-state index contributed by atoms with van der Waals surface area (Å²) in [6.45, 7) is 3.06. The van der Waals surface area contributed by atoms with Crippen molar-refractivity contribution in [3.8, 4) is 0 Å². The predicted octanol–water partition coefficient (Wildman–Crippen LogP) is 1.63. The standard InChI is InChI=1S/C23H26N6O5S/c1-3-34-22(33)14-6-8-16(9-7-14)26-17(30)12-29-13-25-19-18(21(29)32)35-23(27-19)28-10-4-5-15(11-28)20(31)24-2/h6-9,13,15H,3-5,10-12H2,1-2H3,(H,24,31)(H,26,30). The van der Waals surface area contributed by atoms with Gasteiger partial charge in [-0.05, 0) is 44.0 Å². The Morgan fingerprint density at radius 3 is 2.71 bits per heavy atom. The minimum atomic E-state index is -0.436. The van der Waals surface area contributed by atoms with Crippen LogP contribution in [0.15, 0.2) is 35.4 Å². The number of esters is 1. The quantitative estimate of drug-likeness (QED) is 0.469. The van der Waals surface area contributed by atoms with E-state index in [0.717, 1.165) is 19.4 Å². The van der Waals surface area contributed by atoms with Gasteiger partial charge in [-0.3, -0.25) is 19.0 Å². The lowest BCUT2D eigenvalue weighted by Gasteiger charge is -2.31. The lowest BCUT2D eigenvalue weighted by molar-refractivity contribution is -0.124. The number of piperidine rings is 1. The van der Waals surface area contributed by atoms with Gasteiger partial charge < -0.3 is 20.3 Å². The molecule has 1 aliphatic rings. The largest absolute Gasteiger partial charge is 0.462 e. The van der Waals surface area contributed by atoms with E-state index in [0.29, 0.717) is 33.3 Å². The lowest BCUT2D eigenvalue weighted by atomic mass is 9.98. The van der Waals surface area contributed by atoms with Gasteiger partial charge in [0, 0.05) is 25.8 Å². The number of fused-ring (bicyclic) bond motifs is 1. The zero-order chi connectivity index (χ0) is 24.9. The van der Waals surface area contributed by atoms with Crippen LogP contribution in [0.1, 0.15) is 30.1 Å². The van der Waals surface area contributed by atoms with E-state index in [2.05, 4.69) is 20.6 Å². The maximum Gasteiger partial charge on any atom is 0.338 e. The fourth-order valence-corrected chi connectivity index (χ4v) is 4.92. The van der Waals surface area contributed by atoms with Crippen molar-refractivity contribution < 1.29 is 19.1 Å². The molecule has 1 fully saturated rings. The van der Waals surface area contributed by atoms with Gasteiger partial charge in [-0.2, -0.15) is 4.98 Å². The van der Waals surface area contributed by atoms with Crippen LogP contribution in [0.3, 0.4) is 0 Å². The molecule has 2 aromatic heterocycles. The van der Waals surface area contributed by atoms with Gasteiger partial charge in [0.25, 0.3) is 5.56 Å². The molecule has 0 spiro atoms. The average molecular weight is 499 g/mol. The summed E-state index contributed by atoms with van der Waals surface area (Å²) in [5.74, 6) is -0.974. The minimum absolute atomic E-state index is 0.00200. The highest BCUT2D eigenvalue weighted by atomic mass is 32.1. The van der Waals surface area contributed by atoms with Gasteiger partial charge in [0.05, 0.1) is 18.1 Å². The molecule has 1 saturated heterocycles. The Bertz CT molecular complexity index is 1300. The third kappa shape index (κ3) is 5.48. The number of nitrogens with one attached hydrogen (secondary N) is 2. The van der Waals surface area contributed by atoms with E-state index < -0.39 is 11.9 Å². The molecule has 0 radical (unpaired) electrons. The topological polar surface area (TPSA) is 136 Å². The third-order valence-electron chi connectivity index (χ3n) is 5.68. The number of thiazole rings is 1. The van der Waals surface area contributed by atoms with Gasteiger partial charge in [0.2, 0.25) is 11.8 Å². The summed E-state index contributed by atoms with van der Waals surface area (Å²) in [6.07, 6.45) is 2.97. The molecule has 0 saturated carbocycles. The van der Waals surface area contributed by atoms with Crippen LogP contribution in [0.4, 0.5) is 10.8 Å². The number of ether oxygens (including phenoxy) is 1. The van der Waals surface area contributed by atoms with Gasteiger partial charge in [-0.1, -0.05) is 11.3 Å². The maximum absolute atomic E-state index is 13.0. The van der Waals surface area contributed by atoms with Gasteiger partial charge in [0.15, 0.2) is 10.8 Å². The number of hydrogen-bond donors (Lipinski definition) is 2. The molecule has 2 amide bonds. The fraction of sp³-hybridized carbons (Fsp3) is 0.391. The first-order chi connectivity index (χ1) is 16.9. The second-order valence-electron chi connectivity index (χ2n) is 8.07. The average Bonchev–Trinajstić information content (AvgIpc) is 3.31. The van der Waals surface area contributed by atoms with Crippen molar-refractivity contribution in [1.29, 1.82) is 0 Å². The molecule has 1 atom stereocenters. The highest BCUT2D eigenvalue weighted by molar-refractivity contribution is 7.22. The molecule has 11 nitrogen and oxygen atoms in total. The lowest BCUT2D eigenvalue weighted by Crippen LogP contribution is -2.42. The second kappa shape index (κ2) is 10.6. The number of carbonyl (C=O) groups is 3. The number of hydrogen-bond acceptors (Lipinski definition) is 9. The highest BCUT2D eigenvalue weighted by Gasteiger charge is 2.27. The molecular weight excluding hydrogens is 472 g/mol. The zero-order valence-corrected chi connectivity index (χ0v) is 20.3. The first-order valence-corrected chi connectivity index (χ1v) is 12.1.